The van der Waals surface area contributed by atoms with Crippen molar-refractivity contribution in [2.75, 3.05) is 11.4 Å². The normalized spacial score (nSPS) is 14.2. The van der Waals surface area contributed by atoms with Gasteiger partial charge in [-0.3, -0.25) is 0 Å². The molecule has 2 heterocycles. The fourth-order valence-corrected chi connectivity index (χ4v) is 2.65. The van der Waals surface area contributed by atoms with Crippen LogP contribution in [0.3, 0.4) is 0 Å². The van der Waals surface area contributed by atoms with Gasteiger partial charge in [0.15, 0.2) is 11.0 Å². The molecule has 0 saturated carbocycles. The molecular weight excluding hydrogens is 249 g/mol. The quantitative estimate of drug-likeness (QED) is 0.784. The first kappa shape index (κ1) is 9.99. The molecule has 0 spiro atoms. The van der Waals surface area contributed by atoms with Gasteiger partial charge in [0.2, 0.25) is 0 Å². The van der Waals surface area contributed by atoms with Crippen LogP contribution >= 0.6 is 23.3 Å². The maximum absolute atomic E-state index is 13.2. The van der Waals surface area contributed by atoms with Gasteiger partial charge in [-0.05, 0) is 24.1 Å². The zero-order valence-electron chi connectivity index (χ0n) is 8.15. The Balaban J connectivity index is 2.09. The monoisotopic (exact) mass is 255 g/mol. The Kier molecular flexibility index (Phi) is 2.29. The predicted molar refractivity (Wildman–Crippen MR) is 62.0 cm³/mol. The van der Waals surface area contributed by atoms with Crippen LogP contribution in [0.5, 0.6) is 0 Å². The highest BCUT2D eigenvalue weighted by Gasteiger charge is 2.24. The minimum absolute atomic E-state index is 0.245. The number of nitrogens with zero attached hydrogens (tertiary/aromatic N) is 3. The number of anilines is 2. The number of rotatable bonds is 1. The molecule has 0 amide bonds. The molecule has 16 heavy (non-hydrogen) atoms. The van der Waals surface area contributed by atoms with E-state index in [-0.39, 0.29) is 5.82 Å². The van der Waals surface area contributed by atoms with E-state index in [0.29, 0.717) is 11.0 Å². The molecule has 0 saturated heterocycles. The number of benzene rings is 1. The predicted octanol–water partition coefficient (Wildman–Crippen LogP) is 3.02. The van der Waals surface area contributed by atoms with E-state index in [0.717, 1.165) is 35.9 Å². The first-order valence-corrected chi connectivity index (χ1v) is 5.90. The molecule has 0 atom stereocenters. The van der Waals surface area contributed by atoms with Crippen molar-refractivity contribution in [3.05, 3.63) is 34.7 Å². The van der Waals surface area contributed by atoms with Crippen LogP contribution in [0.15, 0.2) is 18.2 Å². The van der Waals surface area contributed by atoms with E-state index in [1.165, 1.54) is 12.1 Å². The van der Waals surface area contributed by atoms with Crippen molar-refractivity contribution in [3.63, 3.8) is 0 Å². The van der Waals surface area contributed by atoms with Crippen molar-refractivity contribution in [3.8, 4) is 0 Å². The Morgan fingerprint density at radius 2 is 2.25 bits per heavy atom. The lowest BCUT2D eigenvalue weighted by Gasteiger charge is -2.15. The lowest BCUT2D eigenvalue weighted by atomic mass is 10.2. The van der Waals surface area contributed by atoms with E-state index in [9.17, 15) is 4.39 Å². The van der Waals surface area contributed by atoms with Gasteiger partial charge in [0.1, 0.15) is 5.82 Å². The van der Waals surface area contributed by atoms with Crippen LogP contribution in [0.25, 0.3) is 0 Å². The molecule has 0 bridgehead atoms. The summed E-state index contributed by atoms with van der Waals surface area (Å²) in [6, 6.07) is 4.79. The van der Waals surface area contributed by atoms with Gasteiger partial charge in [-0.25, -0.2) is 4.39 Å². The summed E-state index contributed by atoms with van der Waals surface area (Å²) >= 11 is 6.99. The van der Waals surface area contributed by atoms with E-state index >= 15 is 0 Å². The van der Waals surface area contributed by atoms with Gasteiger partial charge in [0.25, 0.3) is 0 Å². The summed E-state index contributed by atoms with van der Waals surface area (Å²) < 4.78 is 21.2. The number of halogens is 2. The van der Waals surface area contributed by atoms with Gasteiger partial charge in [-0.15, -0.1) is 0 Å². The second-order valence-corrected chi connectivity index (χ2v) is 4.44. The molecule has 3 nitrogen and oxygen atoms in total. The van der Waals surface area contributed by atoms with Crippen molar-refractivity contribution in [2.24, 2.45) is 0 Å². The standard InChI is InChI=1S/C10H7ClFN3S/c11-9-10(14-16-13-9)15-4-3-6-1-2-7(12)5-8(6)15/h1-2,5H,3-4H2. The van der Waals surface area contributed by atoms with Crippen LogP contribution in [0.1, 0.15) is 5.56 Å². The summed E-state index contributed by atoms with van der Waals surface area (Å²) in [7, 11) is 0. The first-order chi connectivity index (χ1) is 7.75. The third kappa shape index (κ3) is 1.47. The van der Waals surface area contributed by atoms with Crippen molar-refractivity contribution < 1.29 is 4.39 Å². The van der Waals surface area contributed by atoms with Gasteiger partial charge in [0, 0.05) is 12.2 Å². The van der Waals surface area contributed by atoms with Crippen molar-refractivity contribution in [1.82, 2.24) is 8.75 Å². The largest absolute Gasteiger partial charge is 0.322 e. The second kappa shape index (κ2) is 3.68. The number of aromatic nitrogens is 2. The topological polar surface area (TPSA) is 29.0 Å². The summed E-state index contributed by atoms with van der Waals surface area (Å²) in [4.78, 5) is 1.91. The van der Waals surface area contributed by atoms with Crippen molar-refractivity contribution >= 4 is 34.8 Å². The van der Waals surface area contributed by atoms with Crippen LogP contribution < -0.4 is 4.90 Å². The summed E-state index contributed by atoms with van der Waals surface area (Å²) in [5, 5.41) is 0.377. The van der Waals surface area contributed by atoms with Gasteiger partial charge in [-0.2, -0.15) is 8.75 Å². The molecule has 3 rings (SSSR count). The third-order valence-electron chi connectivity index (χ3n) is 2.63. The second-order valence-electron chi connectivity index (χ2n) is 3.55. The smallest absolute Gasteiger partial charge is 0.187 e. The minimum Gasteiger partial charge on any atom is -0.322 e. The third-order valence-corrected chi connectivity index (χ3v) is 3.50. The highest BCUT2D eigenvalue weighted by atomic mass is 35.5. The Labute approximate surface area is 101 Å². The molecule has 1 aliphatic heterocycles. The summed E-state index contributed by atoms with van der Waals surface area (Å²) in [6.45, 7) is 0.768. The maximum Gasteiger partial charge on any atom is 0.187 e. The molecule has 0 unspecified atom stereocenters. The lowest BCUT2D eigenvalue weighted by molar-refractivity contribution is 0.628. The molecular formula is C10H7ClFN3S. The van der Waals surface area contributed by atoms with Gasteiger partial charge >= 0.3 is 0 Å². The molecule has 0 fully saturated rings. The molecule has 1 aromatic heterocycles. The lowest BCUT2D eigenvalue weighted by Crippen LogP contribution is -2.14. The van der Waals surface area contributed by atoms with Gasteiger partial charge in [-0.1, -0.05) is 17.7 Å². The zero-order valence-corrected chi connectivity index (χ0v) is 9.72. The SMILES string of the molecule is Fc1ccc2c(c1)N(c1nsnc1Cl)CC2. The van der Waals surface area contributed by atoms with Crippen LogP contribution in [0.4, 0.5) is 15.9 Å². The molecule has 0 N–H and O–H groups in total. The minimum atomic E-state index is -0.245. The average molecular weight is 256 g/mol. The molecule has 82 valence electrons. The van der Waals surface area contributed by atoms with E-state index in [1.807, 2.05) is 4.90 Å². The molecule has 1 aromatic carbocycles. The van der Waals surface area contributed by atoms with Crippen molar-refractivity contribution in [2.45, 2.75) is 6.42 Å². The van der Waals surface area contributed by atoms with Crippen LogP contribution in [-0.4, -0.2) is 15.3 Å². The summed E-state index contributed by atoms with van der Waals surface area (Å²) in [5.41, 5.74) is 1.96. The van der Waals surface area contributed by atoms with E-state index in [1.54, 1.807) is 6.07 Å². The molecule has 0 radical (unpaired) electrons. The van der Waals surface area contributed by atoms with E-state index in [4.69, 9.17) is 11.6 Å². The molecule has 0 aliphatic carbocycles. The van der Waals surface area contributed by atoms with Crippen LogP contribution in [-0.2, 0) is 6.42 Å². The number of hydrogen-bond acceptors (Lipinski definition) is 4. The molecule has 2 aromatic rings. The first-order valence-electron chi connectivity index (χ1n) is 4.80. The van der Waals surface area contributed by atoms with Crippen LogP contribution in [0, 0.1) is 5.82 Å². The highest BCUT2D eigenvalue weighted by molar-refractivity contribution is 6.99. The van der Waals surface area contributed by atoms with Gasteiger partial charge < -0.3 is 4.90 Å². The van der Waals surface area contributed by atoms with Crippen molar-refractivity contribution in [1.29, 1.82) is 0 Å². The Hall–Kier alpha value is -1.20. The summed E-state index contributed by atoms with van der Waals surface area (Å²) in [6.07, 6.45) is 0.878. The number of hydrogen-bond donors (Lipinski definition) is 0. The Morgan fingerprint density at radius 3 is 3.00 bits per heavy atom. The summed E-state index contributed by atoms with van der Waals surface area (Å²) in [5.74, 6) is 0.376. The Bertz CT molecular complexity index is 543. The molecule has 6 heteroatoms. The van der Waals surface area contributed by atoms with Crippen LogP contribution in [0.2, 0.25) is 5.15 Å². The fraction of sp³-hybridized carbons (Fsp3) is 0.200. The van der Waals surface area contributed by atoms with E-state index < -0.39 is 0 Å². The highest BCUT2D eigenvalue weighted by Crippen LogP contribution is 2.37. The Morgan fingerprint density at radius 1 is 1.38 bits per heavy atom. The average Bonchev–Trinajstić information content (AvgIpc) is 2.83. The maximum atomic E-state index is 13.2. The van der Waals surface area contributed by atoms with E-state index in [2.05, 4.69) is 8.75 Å². The number of fused-ring (bicyclic) bond motifs is 1. The molecule has 1 aliphatic rings. The van der Waals surface area contributed by atoms with Gasteiger partial charge in [0.05, 0.1) is 11.7 Å². The fourth-order valence-electron chi connectivity index (χ4n) is 1.91. The zero-order chi connectivity index (χ0) is 11.1.